The standard InChI is InChI=1S/C12H15ClN4/c1-16(8-9-6-10(13)7-9)11-3-5-17-12(15-11)2-4-14-17/h2-5,9-10H,6-8H2,1H3. The van der Waals surface area contributed by atoms with Crippen molar-refractivity contribution in [1.82, 2.24) is 14.6 Å². The van der Waals surface area contributed by atoms with Gasteiger partial charge in [-0.1, -0.05) is 0 Å². The van der Waals surface area contributed by atoms with E-state index in [0.29, 0.717) is 11.3 Å². The van der Waals surface area contributed by atoms with Crippen LogP contribution in [0.1, 0.15) is 12.8 Å². The van der Waals surface area contributed by atoms with Gasteiger partial charge in [-0.3, -0.25) is 0 Å². The van der Waals surface area contributed by atoms with E-state index < -0.39 is 0 Å². The molecular weight excluding hydrogens is 236 g/mol. The second kappa shape index (κ2) is 4.18. The quantitative estimate of drug-likeness (QED) is 0.783. The lowest BCUT2D eigenvalue weighted by atomic mass is 9.84. The van der Waals surface area contributed by atoms with E-state index in [0.717, 1.165) is 30.9 Å². The fourth-order valence-corrected chi connectivity index (χ4v) is 2.80. The largest absolute Gasteiger partial charge is 0.359 e. The van der Waals surface area contributed by atoms with Crippen molar-refractivity contribution >= 4 is 23.1 Å². The summed E-state index contributed by atoms with van der Waals surface area (Å²) in [6.45, 7) is 1.03. The van der Waals surface area contributed by atoms with Crippen LogP contribution in [-0.2, 0) is 0 Å². The van der Waals surface area contributed by atoms with Gasteiger partial charge in [-0.15, -0.1) is 11.6 Å². The minimum atomic E-state index is 0.388. The van der Waals surface area contributed by atoms with Crippen molar-refractivity contribution in [3.63, 3.8) is 0 Å². The lowest BCUT2D eigenvalue weighted by molar-refractivity contribution is 0.328. The van der Waals surface area contributed by atoms with Crippen molar-refractivity contribution in [2.24, 2.45) is 5.92 Å². The Labute approximate surface area is 105 Å². The van der Waals surface area contributed by atoms with E-state index in [1.54, 1.807) is 10.7 Å². The van der Waals surface area contributed by atoms with Crippen LogP contribution in [0.5, 0.6) is 0 Å². The highest BCUT2D eigenvalue weighted by Crippen LogP contribution is 2.32. The molecule has 0 N–H and O–H groups in total. The van der Waals surface area contributed by atoms with Crippen LogP contribution in [0.4, 0.5) is 5.82 Å². The molecule has 0 bridgehead atoms. The number of anilines is 1. The zero-order valence-corrected chi connectivity index (χ0v) is 10.5. The molecule has 4 nitrogen and oxygen atoms in total. The monoisotopic (exact) mass is 250 g/mol. The summed E-state index contributed by atoms with van der Waals surface area (Å²) in [5, 5.41) is 4.52. The molecule has 5 heteroatoms. The first kappa shape index (κ1) is 10.8. The fourth-order valence-electron chi connectivity index (χ4n) is 2.30. The highest BCUT2D eigenvalue weighted by Gasteiger charge is 2.28. The first-order valence-corrected chi connectivity index (χ1v) is 6.31. The van der Waals surface area contributed by atoms with Crippen molar-refractivity contribution in [1.29, 1.82) is 0 Å². The summed E-state index contributed by atoms with van der Waals surface area (Å²) in [7, 11) is 2.08. The van der Waals surface area contributed by atoms with Gasteiger partial charge in [0.1, 0.15) is 5.82 Å². The fraction of sp³-hybridized carbons (Fsp3) is 0.500. The minimum absolute atomic E-state index is 0.388. The third-order valence-electron chi connectivity index (χ3n) is 3.34. The summed E-state index contributed by atoms with van der Waals surface area (Å²) in [4.78, 5) is 6.75. The van der Waals surface area contributed by atoms with Gasteiger partial charge >= 0.3 is 0 Å². The zero-order chi connectivity index (χ0) is 11.8. The van der Waals surface area contributed by atoms with E-state index in [2.05, 4.69) is 22.0 Å². The van der Waals surface area contributed by atoms with Gasteiger partial charge in [0, 0.05) is 31.2 Å². The highest BCUT2D eigenvalue weighted by molar-refractivity contribution is 6.21. The summed E-state index contributed by atoms with van der Waals surface area (Å²) in [6.07, 6.45) is 5.96. The third-order valence-corrected chi connectivity index (χ3v) is 3.70. The number of rotatable bonds is 3. The number of nitrogens with zero attached hydrogens (tertiary/aromatic N) is 4. The summed E-state index contributed by atoms with van der Waals surface area (Å²) in [5.74, 6) is 1.71. The normalized spacial score (nSPS) is 23.6. The Kier molecular flexibility index (Phi) is 2.67. The van der Waals surface area contributed by atoms with Crippen LogP contribution in [0.15, 0.2) is 24.5 Å². The molecule has 0 aromatic carbocycles. The van der Waals surface area contributed by atoms with Gasteiger partial charge < -0.3 is 4.90 Å². The molecule has 3 rings (SSSR count). The van der Waals surface area contributed by atoms with Crippen molar-refractivity contribution in [3.05, 3.63) is 24.5 Å². The molecule has 0 unspecified atom stereocenters. The van der Waals surface area contributed by atoms with Crippen LogP contribution in [0.3, 0.4) is 0 Å². The molecule has 1 saturated carbocycles. The Morgan fingerprint density at radius 1 is 1.47 bits per heavy atom. The first-order valence-electron chi connectivity index (χ1n) is 5.88. The van der Waals surface area contributed by atoms with Crippen molar-refractivity contribution in [3.8, 4) is 0 Å². The van der Waals surface area contributed by atoms with E-state index >= 15 is 0 Å². The molecule has 0 spiro atoms. The summed E-state index contributed by atoms with van der Waals surface area (Å²) < 4.78 is 1.77. The molecule has 1 aliphatic rings. The number of fused-ring (bicyclic) bond motifs is 1. The number of aromatic nitrogens is 3. The Bertz CT molecular complexity index is 518. The first-order chi connectivity index (χ1) is 8.22. The van der Waals surface area contributed by atoms with E-state index in [-0.39, 0.29) is 0 Å². The van der Waals surface area contributed by atoms with Crippen LogP contribution in [-0.4, -0.2) is 33.6 Å². The Morgan fingerprint density at radius 2 is 2.29 bits per heavy atom. The van der Waals surface area contributed by atoms with Gasteiger partial charge in [-0.05, 0) is 24.8 Å². The van der Waals surface area contributed by atoms with E-state index in [4.69, 9.17) is 11.6 Å². The van der Waals surface area contributed by atoms with Crippen LogP contribution in [0.25, 0.3) is 5.65 Å². The summed E-state index contributed by atoms with van der Waals surface area (Å²) in [5.41, 5.74) is 0.887. The molecule has 1 aliphatic carbocycles. The maximum absolute atomic E-state index is 5.99. The van der Waals surface area contributed by atoms with Crippen molar-refractivity contribution in [2.75, 3.05) is 18.5 Å². The van der Waals surface area contributed by atoms with Crippen LogP contribution >= 0.6 is 11.6 Å². The number of hydrogen-bond acceptors (Lipinski definition) is 3. The molecule has 1 fully saturated rings. The molecule has 0 radical (unpaired) electrons. The average Bonchev–Trinajstić information content (AvgIpc) is 2.73. The Morgan fingerprint density at radius 3 is 3.06 bits per heavy atom. The second-order valence-electron chi connectivity index (χ2n) is 4.73. The average molecular weight is 251 g/mol. The molecule has 2 aromatic heterocycles. The van der Waals surface area contributed by atoms with Gasteiger partial charge in [0.25, 0.3) is 0 Å². The lowest BCUT2D eigenvalue weighted by Crippen LogP contribution is -2.35. The SMILES string of the molecule is CN(CC1CC(Cl)C1)c1ccn2nccc2n1. The smallest absolute Gasteiger partial charge is 0.157 e. The summed E-state index contributed by atoms with van der Waals surface area (Å²) in [6, 6.07) is 3.91. The van der Waals surface area contributed by atoms with Gasteiger partial charge in [0.15, 0.2) is 5.65 Å². The van der Waals surface area contributed by atoms with Crippen LogP contribution in [0, 0.1) is 5.92 Å². The van der Waals surface area contributed by atoms with Crippen molar-refractivity contribution in [2.45, 2.75) is 18.2 Å². The van der Waals surface area contributed by atoms with Crippen LogP contribution in [0.2, 0.25) is 0 Å². The van der Waals surface area contributed by atoms with Gasteiger partial charge in [-0.2, -0.15) is 5.10 Å². The highest BCUT2D eigenvalue weighted by atomic mass is 35.5. The van der Waals surface area contributed by atoms with Gasteiger partial charge in [0.2, 0.25) is 0 Å². The lowest BCUT2D eigenvalue weighted by Gasteiger charge is -2.34. The number of alkyl halides is 1. The maximum Gasteiger partial charge on any atom is 0.157 e. The van der Waals surface area contributed by atoms with Crippen LogP contribution < -0.4 is 4.90 Å². The zero-order valence-electron chi connectivity index (χ0n) is 9.75. The predicted octanol–water partition coefficient (Wildman–Crippen LogP) is 2.18. The van der Waals surface area contributed by atoms with Crippen molar-refractivity contribution < 1.29 is 0 Å². The Hall–Kier alpha value is -1.29. The number of hydrogen-bond donors (Lipinski definition) is 0. The molecule has 90 valence electrons. The molecule has 2 aromatic rings. The third kappa shape index (κ3) is 2.09. The summed E-state index contributed by atoms with van der Waals surface area (Å²) >= 11 is 5.99. The van der Waals surface area contributed by atoms with E-state index in [1.807, 2.05) is 18.3 Å². The predicted molar refractivity (Wildman–Crippen MR) is 68.6 cm³/mol. The minimum Gasteiger partial charge on any atom is -0.359 e. The van der Waals surface area contributed by atoms with Gasteiger partial charge in [0.05, 0.1) is 6.20 Å². The molecule has 0 saturated heterocycles. The molecule has 17 heavy (non-hydrogen) atoms. The van der Waals surface area contributed by atoms with E-state index in [9.17, 15) is 0 Å². The molecule has 0 amide bonds. The molecule has 0 atom stereocenters. The second-order valence-corrected chi connectivity index (χ2v) is 5.35. The van der Waals surface area contributed by atoms with Gasteiger partial charge in [-0.25, -0.2) is 9.50 Å². The number of halogens is 1. The topological polar surface area (TPSA) is 33.4 Å². The molecule has 0 aliphatic heterocycles. The molecular formula is C12H15ClN4. The maximum atomic E-state index is 5.99. The Balaban J connectivity index is 1.73. The van der Waals surface area contributed by atoms with E-state index in [1.165, 1.54) is 0 Å². The molecule has 2 heterocycles.